The van der Waals surface area contributed by atoms with Gasteiger partial charge in [0, 0.05) is 18.2 Å². The lowest BCUT2D eigenvalue weighted by atomic mass is 10.1. The molecular weight excluding hydrogens is 253 g/mol. The van der Waals surface area contributed by atoms with Crippen LogP contribution in [0.2, 0.25) is 0 Å². The summed E-state index contributed by atoms with van der Waals surface area (Å²) in [6, 6.07) is 6.43. The highest BCUT2D eigenvalue weighted by atomic mass is 19.1. The fourth-order valence-electron chi connectivity index (χ4n) is 1.80. The predicted molar refractivity (Wildman–Crippen MR) is 64.4 cm³/mol. The van der Waals surface area contributed by atoms with Gasteiger partial charge in [-0.3, -0.25) is 0 Å². The first-order valence-electron chi connectivity index (χ1n) is 5.36. The maximum Gasteiger partial charge on any atom is 0.337 e. The van der Waals surface area contributed by atoms with Crippen LogP contribution in [0.15, 0.2) is 30.3 Å². The molecule has 2 aromatic carbocycles. The van der Waals surface area contributed by atoms with Crippen LogP contribution < -0.4 is 15.2 Å². The second kappa shape index (κ2) is 3.88. The van der Waals surface area contributed by atoms with E-state index in [4.69, 9.17) is 20.3 Å². The second-order valence-electron chi connectivity index (χ2n) is 3.99. The van der Waals surface area contributed by atoms with Crippen molar-refractivity contribution in [3.63, 3.8) is 0 Å². The standard InChI is InChI=1S/C13H8FNO4/c14-6-1-2-9-10(3-6)19-12-5-8(15)7(13(16)17)4-11(12)18-9/h1-5H,15H2,(H,16,17). The minimum Gasteiger partial charge on any atom is -0.478 e. The summed E-state index contributed by atoms with van der Waals surface area (Å²) >= 11 is 0. The van der Waals surface area contributed by atoms with Gasteiger partial charge < -0.3 is 20.3 Å². The van der Waals surface area contributed by atoms with Crippen molar-refractivity contribution in [1.29, 1.82) is 0 Å². The number of fused-ring (bicyclic) bond motifs is 2. The Kier molecular flexibility index (Phi) is 2.31. The van der Waals surface area contributed by atoms with E-state index in [9.17, 15) is 9.18 Å². The molecule has 1 heterocycles. The number of nitrogen functional groups attached to an aromatic ring is 1. The largest absolute Gasteiger partial charge is 0.478 e. The van der Waals surface area contributed by atoms with Crippen molar-refractivity contribution in [3.05, 3.63) is 41.7 Å². The van der Waals surface area contributed by atoms with Gasteiger partial charge in [-0.15, -0.1) is 0 Å². The minimum absolute atomic E-state index is 0.0507. The van der Waals surface area contributed by atoms with Crippen LogP contribution in [0, 0.1) is 5.82 Å². The number of nitrogens with two attached hydrogens (primary N) is 1. The van der Waals surface area contributed by atoms with E-state index in [1.807, 2.05) is 0 Å². The van der Waals surface area contributed by atoms with E-state index in [-0.39, 0.29) is 28.5 Å². The first kappa shape index (κ1) is 11.3. The monoisotopic (exact) mass is 261 g/mol. The van der Waals surface area contributed by atoms with Crippen molar-refractivity contribution in [2.45, 2.75) is 0 Å². The van der Waals surface area contributed by atoms with E-state index in [1.54, 1.807) is 0 Å². The number of anilines is 1. The molecule has 0 unspecified atom stereocenters. The van der Waals surface area contributed by atoms with Crippen molar-refractivity contribution in [2.75, 3.05) is 5.73 Å². The molecule has 0 bridgehead atoms. The second-order valence-corrected chi connectivity index (χ2v) is 3.99. The lowest BCUT2D eigenvalue weighted by Crippen LogP contribution is -2.06. The van der Waals surface area contributed by atoms with Crippen LogP contribution in [0.25, 0.3) is 0 Å². The smallest absolute Gasteiger partial charge is 0.337 e. The average molecular weight is 261 g/mol. The molecule has 0 saturated heterocycles. The van der Waals surface area contributed by atoms with Gasteiger partial charge >= 0.3 is 5.97 Å². The summed E-state index contributed by atoms with van der Waals surface area (Å²) in [5, 5.41) is 8.97. The number of hydrogen-bond acceptors (Lipinski definition) is 4. The van der Waals surface area contributed by atoms with Gasteiger partial charge in [0.2, 0.25) is 0 Å². The molecule has 0 radical (unpaired) electrons. The predicted octanol–water partition coefficient (Wildman–Crippen LogP) is 3.00. The van der Waals surface area contributed by atoms with Crippen LogP contribution >= 0.6 is 0 Å². The molecule has 6 heteroatoms. The van der Waals surface area contributed by atoms with Crippen LogP contribution in [-0.2, 0) is 0 Å². The number of halogens is 1. The van der Waals surface area contributed by atoms with Gasteiger partial charge in [-0.2, -0.15) is 0 Å². The zero-order chi connectivity index (χ0) is 13.6. The molecular formula is C13H8FNO4. The van der Waals surface area contributed by atoms with Gasteiger partial charge in [0.05, 0.1) is 11.3 Å². The van der Waals surface area contributed by atoms with Crippen molar-refractivity contribution >= 4 is 11.7 Å². The molecule has 1 aliphatic heterocycles. The number of carbonyl (C=O) groups is 1. The summed E-state index contributed by atoms with van der Waals surface area (Å²) in [6.45, 7) is 0. The molecule has 0 atom stereocenters. The number of carboxylic acids is 1. The zero-order valence-electron chi connectivity index (χ0n) is 9.51. The molecule has 0 aromatic heterocycles. The normalized spacial score (nSPS) is 11.8. The Labute approximate surface area is 107 Å². The van der Waals surface area contributed by atoms with Crippen LogP contribution in [0.3, 0.4) is 0 Å². The highest BCUT2D eigenvalue weighted by Gasteiger charge is 2.22. The Bertz CT molecular complexity index is 699. The third kappa shape index (κ3) is 1.83. The van der Waals surface area contributed by atoms with Gasteiger partial charge in [0.15, 0.2) is 23.0 Å². The number of rotatable bonds is 1. The van der Waals surface area contributed by atoms with E-state index in [2.05, 4.69) is 0 Å². The number of carboxylic acid groups (broad SMARTS) is 1. The first-order chi connectivity index (χ1) is 9.04. The molecule has 19 heavy (non-hydrogen) atoms. The first-order valence-corrected chi connectivity index (χ1v) is 5.36. The van der Waals surface area contributed by atoms with Crippen molar-refractivity contribution in [1.82, 2.24) is 0 Å². The molecule has 0 saturated carbocycles. The Balaban J connectivity index is 2.10. The average Bonchev–Trinajstić information content (AvgIpc) is 2.35. The molecule has 0 fully saturated rings. The van der Waals surface area contributed by atoms with Crippen LogP contribution in [0.5, 0.6) is 23.0 Å². The molecule has 0 amide bonds. The number of benzene rings is 2. The molecule has 0 aliphatic carbocycles. The van der Waals surface area contributed by atoms with Gasteiger partial charge in [-0.05, 0) is 12.1 Å². The summed E-state index contributed by atoms with van der Waals surface area (Å²) in [5.41, 5.74) is 5.58. The fraction of sp³-hybridized carbons (Fsp3) is 0. The van der Waals surface area contributed by atoms with Gasteiger partial charge in [0.25, 0.3) is 0 Å². The topological polar surface area (TPSA) is 81.8 Å². The quantitative estimate of drug-likeness (QED) is 0.658. The van der Waals surface area contributed by atoms with E-state index >= 15 is 0 Å². The molecule has 3 N–H and O–H groups in total. The summed E-state index contributed by atoms with van der Waals surface area (Å²) in [4.78, 5) is 11.0. The van der Waals surface area contributed by atoms with Gasteiger partial charge in [-0.1, -0.05) is 0 Å². The number of hydrogen-bond donors (Lipinski definition) is 2. The minimum atomic E-state index is -1.16. The van der Waals surface area contributed by atoms with E-state index in [1.165, 1.54) is 30.3 Å². The molecule has 2 aromatic rings. The molecule has 96 valence electrons. The Morgan fingerprint density at radius 1 is 1.05 bits per heavy atom. The third-order valence-corrected chi connectivity index (χ3v) is 2.69. The van der Waals surface area contributed by atoms with E-state index < -0.39 is 11.8 Å². The lowest BCUT2D eigenvalue weighted by molar-refractivity contribution is 0.0697. The highest BCUT2D eigenvalue weighted by molar-refractivity contribution is 5.95. The Morgan fingerprint density at radius 2 is 1.68 bits per heavy atom. The van der Waals surface area contributed by atoms with E-state index in [0.29, 0.717) is 5.75 Å². The number of aromatic carboxylic acids is 1. The summed E-state index contributed by atoms with van der Waals surface area (Å²) in [5.74, 6) is -0.606. The fourth-order valence-corrected chi connectivity index (χ4v) is 1.80. The molecule has 1 aliphatic rings. The van der Waals surface area contributed by atoms with Crippen LogP contribution in [-0.4, -0.2) is 11.1 Å². The Morgan fingerprint density at radius 3 is 2.42 bits per heavy atom. The van der Waals surface area contributed by atoms with Gasteiger partial charge in [0.1, 0.15) is 5.82 Å². The van der Waals surface area contributed by atoms with Crippen LogP contribution in [0.1, 0.15) is 10.4 Å². The number of ether oxygens (including phenoxy) is 2. The van der Waals surface area contributed by atoms with Gasteiger partial charge in [-0.25, -0.2) is 9.18 Å². The Hall–Kier alpha value is -2.76. The molecule has 0 spiro atoms. The molecule has 3 rings (SSSR count). The maximum absolute atomic E-state index is 13.1. The SMILES string of the molecule is Nc1cc2c(cc1C(=O)O)Oc1ccc(F)cc1O2. The van der Waals surface area contributed by atoms with E-state index in [0.717, 1.165) is 0 Å². The van der Waals surface area contributed by atoms with Crippen molar-refractivity contribution < 1.29 is 23.8 Å². The summed E-state index contributed by atoms with van der Waals surface area (Å²) in [7, 11) is 0. The van der Waals surface area contributed by atoms with Crippen molar-refractivity contribution in [3.8, 4) is 23.0 Å². The lowest BCUT2D eigenvalue weighted by Gasteiger charge is -2.21. The zero-order valence-corrected chi connectivity index (χ0v) is 9.51. The summed E-state index contributed by atoms with van der Waals surface area (Å²) in [6.07, 6.45) is 0. The van der Waals surface area contributed by atoms with Crippen molar-refractivity contribution in [2.24, 2.45) is 0 Å². The third-order valence-electron chi connectivity index (χ3n) is 2.69. The highest BCUT2D eigenvalue weighted by Crippen LogP contribution is 2.46. The maximum atomic E-state index is 13.1. The van der Waals surface area contributed by atoms with Crippen LogP contribution in [0.4, 0.5) is 10.1 Å². The molecule has 5 nitrogen and oxygen atoms in total. The summed E-state index contributed by atoms with van der Waals surface area (Å²) < 4.78 is 24.0.